The van der Waals surface area contributed by atoms with Crippen molar-refractivity contribution in [1.82, 2.24) is 0 Å². The molecule has 110 valence electrons. The molecule has 0 aromatic heterocycles. The molecule has 1 aliphatic rings. The Morgan fingerprint density at radius 3 is 2.43 bits per heavy atom. The first-order valence-electron chi connectivity index (χ1n) is 6.33. The summed E-state index contributed by atoms with van der Waals surface area (Å²) in [5.41, 5.74) is 2.76. The molecular formula is C15H12Cl3NO2. The Bertz CT molecular complexity index is 656. The lowest BCUT2D eigenvalue weighted by atomic mass is 10.1. The first-order chi connectivity index (χ1) is 10.1. The number of hydrogen-bond acceptors (Lipinski definition) is 3. The molecule has 2 aromatic carbocycles. The molecule has 0 saturated carbocycles. The van der Waals surface area contributed by atoms with Crippen LogP contribution < -0.4 is 10.1 Å². The Morgan fingerprint density at radius 1 is 0.952 bits per heavy atom. The van der Waals surface area contributed by atoms with Crippen LogP contribution in [0.5, 0.6) is 5.75 Å². The van der Waals surface area contributed by atoms with Crippen LogP contribution in [0.1, 0.15) is 11.1 Å². The maximum atomic E-state index is 6.13. The summed E-state index contributed by atoms with van der Waals surface area (Å²) in [6.45, 7) is 1.32. The number of nitrogens with one attached hydrogen (secondary N) is 1. The van der Waals surface area contributed by atoms with Gasteiger partial charge in [-0.2, -0.15) is 0 Å². The topological polar surface area (TPSA) is 30.5 Å². The fraction of sp³-hybridized carbons (Fsp3) is 0.200. The summed E-state index contributed by atoms with van der Waals surface area (Å²) >= 11 is 18.1. The molecule has 21 heavy (non-hydrogen) atoms. The molecule has 6 heteroatoms. The van der Waals surface area contributed by atoms with E-state index in [4.69, 9.17) is 44.3 Å². The van der Waals surface area contributed by atoms with Crippen LogP contribution in [-0.2, 0) is 17.9 Å². The van der Waals surface area contributed by atoms with Crippen molar-refractivity contribution in [3.63, 3.8) is 0 Å². The Hall–Kier alpha value is -1.13. The van der Waals surface area contributed by atoms with E-state index in [1.165, 1.54) is 0 Å². The summed E-state index contributed by atoms with van der Waals surface area (Å²) < 4.78 is 10.8. The van der Waals surface area contributed by atoms with Gasteiger partial charge in [0.05, 0.1) is 6.61 Å². The number of fused-ring (bicyclic) bond motifs is 1. The minimum atomic E-state index is 0.255. The highest BCUT2D eigenvalue weighted by atomic mass is 35.5. The summed E-state index contributed by atoms with van der Waals surface area (Å²) in [5.74, 6) is 0.825. The molecule has 1 aliphatic heterocycles. The number of ether oxygens (including phenoxy) is 2. The second-order valence-electron chi connectivity index (χ2n) is 4.68. The summed E-state index contributed by atoms with van der Waals surface area (Å²) in [6.07, 6.45) is 0. The van der Waals surface area contributed by atoms with Crippen LogP contribution in [0.25, 0.3) is 0 Å². The van der Waals surface area contributed by atoms with Crippen LogP contribution in [0.4, 0.5) is 5.69 Å². The van der Waals surface area contributed by atoms with Crippen molar-refractivity contribution in [2.75, 3.05) is 12.1 Å². The summed E-state index contributed by atoms with van der Waals surface area (Å²) in [4.78, 5) is 0. The molecule has 3 rings (SSSR count). The Balaban J connectivity index is 1.83. The van der Waals surface area contributed by atoms with Gasteiger partial charge in [0, 0.05) is 38.4 Å². The molecule has 0 fully saturated rings. The number of benzene rings is 2. The molecule has 0 spiro atoms. The third kappa shape index (κ3) is 3.55. The van der Waals surface area contributed by atoms with Gasteiger partial charge in [-0.1, -0.05) is 34.8 Å². The Labute approximate surface area is 137 Å². The number of hydrogen-bond donors (Lipinski definition) is 1. The lowest BCUT2D eigenvalue weighted by Crippen LogP contribution is -2.14. The van der Waals surface area contributed by atoms with Gasteiger partial charge in [0.15, 0.2) is 6.79 Å². The SMILES string of the molecule is Clc1cc(Cl)cc(NCc2cc(Cl)cc3c2OCOC3)c1. The fourth-order valence-corrected chi connectivity index (χ4v) is 3.03. The zero-order valence-corrected chi connectivity index (χ0v) is 13.2. The van der Waals surface area contributed by atoms with Gasteiger partial charge in [-0.25, -0.2) is 0 Å². The van der Waals surface area contributed by atoms with E-state index in [9.17, 15) is 0 Å². The molecule has 2 aromatic rings. The molecule has 1 N–H and O–H groups in total. The van der Waals surface area contributed by atoms with Crippen molar-refractivity contribution in [2.45, 2.75) is 13.2 Å². The highest BCUT2D eigenvalue weighted by Crippen LogP contribution is 2.32. The third-order valence-electron chi connectivity index (χ3n) is 3.10. The van der Waals surface area contributed by atoms with Crippen molar-refractivity contribution in [2.24, 2.45) is 0 Å². The third-order valence-corrected chi connectivity index (χ3v) is 3.75. The Morgan fingerprint density at radius 2 is 1.67 bits per heavy atom. The molecule has 0 saturated heterocycles. The first kappa shape index (κ1) is 14.8. The van der Waals surface area contributed by atoms with Crippen molar-refractivity contribution < 1.29 is 9.47 Å². The van der Waals surface area contributed by atoms with Gasteiger partial charge in [-0.3, -0.25) is 0 Å². The van der Waals surface area contributed by atoms with E-state index < -0.39 is 0 Å². The smallest absolute Gasteiger partial charge is 0.189 e. The molecule has 0 bridgehead atoms. The maximum Gasteiger partial charge on any atom is 0.189 e. The van der Waals surface area contributed by atoms with E-state index in [2.05, 4.69) is 5.32 Å². The summed E-state index contributed by atoms with van der Waals surface area (Å²) in [6, 6.07) is 9.06. The van der Waals surface area contributed by atoms with E-state index in [1.807, 2.05) is 24.3 Å². The van der Waals surface area contributed by atoms with Crippen LogP contribution in [0.2, 0.25) is 15.1 Å². The van der Waals surface area contributed by atoms with Gasteiger partial charge in [-0.05, 0) is 30.3 Å². The standard InChI is InChI=1S/C15H12Cl3NO2/c16-11-1-9(15-10(2-11)7-20-8-21-15)6-19-14-4-12(17)3-13(18)5-14/h1-5,19H,6-8H2. The van der Waals surface area contributed by atoms with Gasteiger partial charge in [0.25, 0.3) is 0 Å². The van der Waals surface area contributed by atoms with E-state index >= 15 is 0 Å². The molecule has 0 unspecified atom stereocenters. The zero-order valence-electron chi connectivity index (χ0n) is 11.0. The molecular weight excluding hydrogens is 333 g/mol. The molecule has 0 atom stereocenters. The highest BCUT2D eigenvalue weighted by molar-refractivity contribution is 6.35. The second kappa shape index (κ2) is 6.32. The van der Waals surface area contributed by atoms with Gasteiger partial charge >= 0.3 is 0 Å². The van der Waals surface area contributed by atoms with Gasteiger partial charge in [0.2, 0.25) is 0 Å². The zero-order chi connectivity index (χ0) is 14.8. The average Bonchev–Trinajstić information content (AvgIpc) is 2.43. The summed E-state index contributed by atoms with van der Waals surface area (Å²) in [5, 5.41) is 5.10. The highest BCUT2D eigenvalue weighted by Gasteiger charge is 2.16. The molecule has 0 amide bonds. The van der Waals surface area contributed by atoms with E-state index in [0.29, 0.717) is 28.2 Å². The monoisotopic (exact) mass is 343 g/mol. The molecule has 0 aliphatic carbocycles. The largest absolute Gasteiger partial charge is 0.467 e. The van der Waals surface area contributed by atoms with E-state index in [0.717, 1.165) is 22.6 Å². The van der Waals surface area contributed by atoms with Crippen molar-refractivity contribution >= 4 is 40.5 Å². The van der Waals surface area contributed by atoms with Crippen LogP contribution >= 0.6 is 34.8 Å². The van der Waals surface area contributed by atoms with E-state index in [1.54, 1.807) is 6.07 Å². The second-order valence-corrected chi connectivity index (χ2v) is 5.98. The maximum absolute atomic E-state index is 6.13. The van der Waals surface area contributed by atoms with E-state index in [-0.39, 0.29) is 6.79 Å². The normalized spacial score (nSPS) is 13.5. The lowest BCUT2D eigenvalue weighted by molar-refractivity contribution is -0.0169. The molecule has 1 heterocycles. The lowest BCUT2D eigenvalue weighted by Gasteiger charge is -2.21. The first-order valence-corrected chi connectivity index (χ1v) is 7.47. The predicted octanol–water partition coefficient (Wildman–Crippen LogP) is 5.13. The number of halogens is 3. The Kier molecular flexibility index (Phi) is 4.45. The van der Waals surface area contributed by atoms with Crippen LogP contribution in [0.3, 0.4) is 0 Å². The van der Waals surface area contributed by atoms with Crippen LogP contribution in [-0.4, -0.2) is 6.79 Å². The summed E-state index contributed by atoms with van der Waals surface area (Å²) in [7, 11) is 0. The number of rotatable bonds is 3. The molecule has 0 radical (unpaired) electrons. The van der Waals surface area contributed by atoms with Crippen molar-refractivity contribution in [3.8, 4) is 5.75 Å². The predicted molar refractivity (Wildman–Crippen MR) is 85.5 cm³/mol. The molecule has 3 nitrogen and oxygen atoms in total. The van der Waals surface area contributed by atoms with Gasteiger partial charge in [0.1, 0.15) is 5.75 Å². The van der Waals surface area contributed by atoms with Crippen LogP contribution in [0.15, 0.2) is 30.3 Å². The van der Waals surface area contributed by atoms with Gasteiger partial charge in [-0.15, -0.1) is 0 Å². The van der Waals surface area contributed by atoms with Crippen molar-refractivity contribution in [3.05, 3.63) is 56.5 Å². The minimum Gasteiger partial charge on any atom is -0.467 e. The fourth-order valence-electron chi connectivity index (χ4n) is 2.24. The minimum absolute atomic E-state index is 0.255. The van der Waals surface area contributed by atoms with Crippen LogP contribution in [0, 0.1) is 0 Å². The van der Waals surface area contributed by atoms with Crippen molar-refractivity contribution in [1.29, 1.82) is 0 Å². The average molecular weight is 345 g/mol. The number of anilines is 1. The van der Waals surface area contributed by atoms with Gasteiger partial charge < -0.3 is 14.8 Å². The quantitative estimate of drug-likeness (QED) is 0.837.